The molecule has 1 aromatic carbocycles. The lowest BCUT2D eigenvalue weighted by molar-refractivity contribution is 0.0678. The highest BCUT2D eigenvalue weighted by molar-refractivity contribution is 5.68. The number of carbonyl (C=O) groups excluding carboxylic acids is 1. The highest BCUT2D eigenvalue weighted by Gasteiger charge is 2.29. The summed E-state index contributed by atoms with van der Waals surface area (Å²) in [7, 11) is 2.02. The summed E-state index contributed by atoms with van der Waals surface area (Å²) in [6.45, 7) is 4.05. The van der Waals surface area contributed by atoms with Gasteiger partial charge in [0.25, 0.3) is 0 Å². The van der Waals surface area contributed by atoms with Crippen LogP contribution >= 0.6 is 0 Å². The molecule has 2 heterocycles. The molecule has 1 aromatic heterocycles. The number of aromatic nitrogens is 1. The molecule has 26 heavy (non-hydrogen) atoms. The Morgan fingerprint density at radius 2 is 2.04 bits per heavy atom. The first-order valence-corrected chi connectivity index (χ1v) is 9.33. The molecule has 1 unspecified atom stereocenters. The van der Waals surface area contributed by atoms with Gasteiger partial charge in [-0.1, -0.05) is 36.4 Å². The molecule has 1 aliphatic heterocycles. The van der Waals surface area contributed by atoms with E-state index in [-0.39, 0.29) is 12.1 Å². The zero-order valence-electron chi connectivity index (χ0n) is 15.6. The van der Waals surface area contributed by atoms with Crippen molar-refractivity contribution in [1.29, 1.82) is 0 Å². The number of amides is 1. The maximum atomic E-state index is 12.7. The van der Waals surface area contributed by atoms with Gasteiger partial charge in [0.2, 0.25) is 0 Å². The number of nitrogens with zero attached hydrogens (tertiary/aromatic N) is 3. The van der Waals surface area contributed by atoms with Crippen molar-refractivity contribution in [1.82, 2.24) is 9.88 Å². The lowest BCUT2D eigenvalue weighted by Crippen LogP contribution is -2.38. The fourth-order valence-electron chi connectivity index (χ4n) is 3.28. The maximum absolute atomic E-state index is 12.7. The second-order valence-corrected chi connectivity index (χ2v) is 6.71. The van der Waals surface area contributed by atoms with Crippen molar-refractivity contribution in [3.8, 4) is 0 Å². The van der Waals surface area contributed by atoms with Crippen molar-refractivity contribution in [3.63, 3.8) is 0 Å². The number of rotatable bonds is 5. The summed E-state index contributed by atoms with van der Waals surface area (Å²) in [5.41, 5.74) is 2.08. The molecule has 0 spiro atoms. The van der Waals surface area contributed by atoms with Crippen LogP contribution in [-0.2, 0) is 11.3 Å². The Hall–Kier alpha value is -2.56. The molecule has 0 aliphatic carbocycles. The summed E-state index contributed by atoms with van der Waals surface area (Å²) < 4.78 is 5.56. The molecule has 0 radical (unpaired) electrons. The first-order valence-electron chi connectivity index (χ1n) is 9.33. The lowest BCUT2D eigenvalue weighted by Gasteiger charge is -2.35. The zero-order chi connectivity index (χ0) is 18.4. The molecule has 0 bridgehead atoms. The van der Waals surface area contributed by atoms with Gasteiger partial charge >= 0.3 is 6.09 Å². The van der Waals surface area contributed by atoms with Crippen LogP contribution in [0.15, 0.2) is 48.7 Å². The van der Waals surface area contributed by atoms with E-state index in [1.165, 1.54) is 0 Å². The molecule has 0 N–H and O–H groups in total. The standard InChI is InChI=1S/C21H27N3O2/c1-3-23(2)20-13-12-18(15-22-20)19-11-7-8-14-24(19)21(25)26-16-17-9-5-4-6-10-17/h4-6,9-10,12-13,15,19H,3,7-8,11,14,16H2,1-2H3. The molecule has 2 aromatic rings. The average molecular weight is 353 g/mol. The maximum Gasteiger partial charge on any atom is 0.410 e. The van der Waals surface area contributed by atoms with Gasteiger partial charge < -0.3 is 14.5 Å². The number of carbonyl (C=O) groups is 1. The van der Waals surface area contributed by atoms with Gasteiger partial charge in [0.05, 0.1) is 6.04 Å². The van der Waals surface area contributed by atoms with Gasteiger partial charge in [-0.25, -0.2) is 9.78 Å². The van der Waals surface area contributed by atoms with E-state index < -0.39 is 0 Å². The van der Waals surface area contributed by atoms with Gasteiger partial charge in [-0.15, -0.1) is 0 Å². The van der Waals surface area contributed by atoms with Crippen LogP contribution < -0.4 is 4.90 Å². The van der Waals surface area contributed by atoms with Crippen molar-refractivity contribution in [2.24, 2.45) is 0 Å². The summed E-state index contributed by atoms with van der Waals surface area (Å²) in [5, 5.41) is 0. The number of pyridine rings is 1. The summed E-state index contributed by atoms with van der Waals surface area (Å²) in [4.78, 5) is 21.2. The molecular weight excluding hydrogens is 326 g/mol. The third-order valence-electron chi connectivity index (χ3n) is 4.96. The molecule has 1 atom stereocenters. The molecule has 5 nitrogen and oxygen atoms in total. The first-order chi connectivity index (χ1) is 12.7. The van der Waals surface area contributed by atoms with Crippen LogP contribution in [0.1, 0.15) is 43.4 Å². The third kappa shape index (κ3) is 4.34. The summed E-state index contributed by atoms with van der Waals surface area (Å²) in [5.74, 6) is 0.949. The van der Waals surface area contributed by atoms with Gasteiger partial charge in [0, 0.05) is 26.3 Å². The monoisotopic (exact) mass is 353 g/mol. The molecule has 3 rings (SSSR count). The van der Waals surface area contributed by atoms with Crippen molar-refractivity contribution in [3.05, 3.63) is 59.8 Å². The van der Waals surface area contributed by atoms with Crippen molar-refractivity contribution in [2.75, 3.05) is 25.0 Å². The Kier molecular flexibility index (Phi) is 6.10. The van der Waals surface area contributed by atoms with Crippen LogP contribution in [0.2, 0.25) is 0 Å². The summed E-state index contributed by atoms with van der Waals surface area (Å²) >= 11 is 0. The van der Waals surface area contributed by atoms with E-state index in [0.717, 1.165) is 49.3 Å². The molecule has 1 fully saturated rings. The number of benzene rings is 1. The van der Waals surface area contributed by atoms with Gasteiger partial charge in [0.1, 0.15) is 12.4 Å². The van der Waals surface area contributed by atoms with Crippen LogP contribution in [-0.4, -0.2) is 36.1 Å². The van der Waals surface area contributed by atoms with E-state index in [9.17, 15) is 4.79 Å². The van der Waals surface area contributed by atoms with Crippen LogP contribution in [0.4, 0.5) is 10.6 Å². The van der Waals surface area contributed by atoms with Crippen LogP contribution in [0, 0.1) is 0 Å². The SMILES string of the molecule is CCN(C)c1ccc(C2CCCCN2C(=O)OCc2ccccc2)cn1. The number of anilines is 1. The van der Waals surface area contributed by atoms with E-state index in [0.29, 0.717) is 6.61 Å². The molecular formula is C21H27N3O2. The first kappa shape index (κ1) is 18.2. The normalized spacial score (nSPS) is 17.0. The number of ether oxygens (including phenoxy) is 1. The Morgan fingerprint density at radius 1 is 1.23 bits per heavy atom. The number of likely N-dealkylation sites (tertiary alicyclic amines) is 1. The van der Waals surface area contributed by atoms with Crippen molar-refractivity contribution < 1.29 is 9.53 Å². The second kappa shape index (κ2) is 8.70. The predicted molar refractivity (Wildman–Crippen MR) is 103 cm³/mol. The highest BCUT2D eigenvalue weighted by Crippen LogP contribution is 2.31. The van der Waals surface area contributed by atoms with Gasteiger partial charge in [-0.05, 0) is 43.4 Å². The largest absolute Gasteiger partial charge is 0.445 e. The van der Waals surface area contributed by atoms with Crippen LogP contribution in [0.25, 0.3) is 0 Å². The van der Waals surface area contributed by atoms with Gasteiger partial charge in [-0.2, -0.15) is 0 Å². The molecule has 138 valence electrons. The van der Waals surface area contributed by atoms with E-state index in [2.05, 4.69) is 22.9 Å². The number of piperidine rings is 1. The smallest absolute Gasteiger partial charge is 0.410 e. The van der Waals surface area contributed by atoms with E-state index >= 15 is 0 Å². The Balaban J connectivity index is 1.68. The van der Waals surface area contributed by atoms with Crippen LogP contribution in [0.3, 0.4) is 0 Å². The molecule has 1 aliphatic rings. The minimum absolute atomic E-state index is 0.0421. The summed E-state index contributed by atoms with van der Waals surface area (Å²) in [6.07, 6.45) is 4.73. The third-order valence-corrected chi connectivity index (χ3v) is 4.96. The van der Waals surface area contributed by atoms with Crippen molar-refractivity contribution >= 4 is 11.9 Å². The second-order valence-electron chi connectivity index (χ2n) is 6.71. The number of hydrogen-bond donors (Lipinski definition) is 0. The average Bonchev–Trinajstić information content (AvgIpc) is 2.72. The summed E-state index contributed by atoms with van der Waals surface area (Å²) in [6, 6.07) is 13.9. The van der Waals surface area contributed by atoms with E-state index in [1.807, 2.05) is 54.5 Å². The van der Waals surface area contributed by atoms with E-state index in [1.54, 1.807) is 0 Å². The number of hydrogen-bond acceptors (Lipinski definition) is 4. The minimum atomic E-state index is -0.242. The predicted octanol–water partition coefficient (Wildman–Crippen LogP) is 4.40. The molecule has 0 saturated carbocycles. The van der Waals surface area contributed by atoms with E-state index in [4.69, 9.17) is 4.74 Å². The fourth-order valence-corrected chi connectivity index (χ4v) is 3.28. The molecule has 5 heteroatoms. The molecule has 1 amide bonds. The zero-order valence-corrected chi connectivity index (χ0v) is 15.6. The Morgan fingerprint density at radius 3 is 2.73 bits per heavy atom. The minimum Gasteiger partial charge on any atom is -0.445 e. The topological polar surface area (TPSA) is 45.7 Å². The van der Waals surface area contributed by atoms with Gasteiger partial charge in [-0.3, -0.25) is 0 Å². The highest BCUT2D eigenvalue weighted by atomic mass is 16.6. The van der Waals surface area contributed by atoms with Gasteiger partial charge in [0.15, 0.2) is 0 Å². The quantitative estimate of drug-likeness (QED) is 0.799. The Bertz CT molecular complexity index is 703. The lowest BCUT2D eigenvalue weighted by atomic mass is 9.97. The molecule has 1 saturated heterocycles. The van der Waals surface area contributed by atoms with Crippen molar-refractivity contribution in [2.45, 2.75) is 38.8 Å². The Labute approximate surface area is 155 Å². The van der Waals surface area contributed by atoms with Crippen LogP contribution in [0.5, 0.6) is 0 Å². The fraction of sp³-hybridized carbons (Fsp3) is 0.429.